The first-order valence-electron chi connectivity index (χ1n) is 10.6. The minimum atomic E-state index is 0.584. The van der Waals surface area contributed by atoms with Crippen LogP contribution < -0.4 is 4.57 Å². The second-order valence-corrected chi connectivity index (χ2v) is 7.86. The molecule has 0 spiro atoms. The van der Waals surface area contributed by atoms with Gasteiger partial charge in [0.2, 0.25) is 0 Å². The van der Waals surface area contributed by atoms with E-state index in [1.807, 2.05) is 6.07 Å². The highest BCUT2D eigenvalue weighted by Gasteiger charge is 2.24. The lowest BCUT2D eigenvalue weighted by Crippen LogP contribution is -2.34. The van der Waals surface area contributed by atoms with Crippen molar-refractivity contribution in [2.24, 2.45) is 0 Å². The van der Waals surface area contributed by atoms with Gasteiger partial charge in [-0.05, 0) is 55.8 Å². The Kier molecular flexibility index (Phi) is 6.39. The van der Waals surface area contributed by atoms with Crippen molar-refractivity contribution in [3.05, 3.63) is 90.3 Å². The average molecular weight is 382 g/mol. The van der Waals surface area contributed by atoms with Crippen LogP contribution in [0, 0.1) is 11.8 Å². The maximum absolute atomic E-state index is 3.34. The molecule has 2 heterocycles. The lowest BCUT2D eigenvalue weighted by atomic mass is 10.0. The third kappa shape index (κ3) is 5.13. The summed E-state index contributed by atoms with van der Waals surface area (Å²) in [6.45, 7) is 2.23. The Morgan fingerprint density at radius 1 is 0.966 bits per heavy atom. The number of likely N-dealkylation sites (tertiary alicyclic amines) is 1. The molecule has 2 heteroatoms. The maximum atomic E-state index is 3.34. The van der Waals surface area contributed by atoms with E-state index in [1.165, 1.54) is 36.1 Å². The van der Waals surface area contributed by atoms with Gasteiger partial charge >= 0.3 is 0 Å². The van der Waals surface area contributed by atoms with Crippen molar-refractivity contribution in [3.8, 4) is 23.0 Å². The first-order chi connectivity index (χ1) is 14.3. The van der Waals surface area contributed by atoms with Crippen LogP contribution >= 0.6 is 0 Å². The van der Waals surface area contributed by atoms with E-state index in [-0.39, 0.29) is 0 Å². The van der Waals surface area contributed by atoms with Crippen molar-refractivity contribution in [3.63, 3.8) is 0 Å². The normalized spacial score (nSPS) is 16.4. The molecule has 0 aliphatic carbocycles. The molecule has 1 aliphatic rings. The van der Waals surface area contributed by atoms with Crippen molar-refractivity contribution in [2.45, 2.75) is 38.3 Å². The second-order valence-electron chi connectivity index (χ2n) is 7.86. The van der Waals surface area contributed by atoms with E-state index in [4.69, 9.17) is 0 Å². The van der Waals surface area contributed by atoms with E-state index < -0.39 is 0 Å². The van der Waals surface area contributed by atoms with E-state index >= 15 is 0 Å². The molecule has 2 aromatic carbocycles. The molecule has 1 fully saturated rings. The molecule has 29 heavy (non-hydrogen) atoms. The summed E-state index contributed by atoms with van der Waals surface area (Å²) < 4.78 is 2.32. The summed E-state index contributed by atoms with van der Waals surface area (Å²) in [7, 11) is 2.23. The summed E-state index contributed by atoms with van der Waals surface area (Å²) in [5.74, 6) is 6.64. The fourth-order valence-electron chi connectivity index (χ4n) is 4.10. The zero-order chi connectivity index (χ0) is 19.9. The van der Waals surface area contributed by atoms with Crippen LogP contribution in [0.3, 0.4) is 0 Å². The Morgan fingerprint density at radius 2 is 1.76 bits per heavy atom. The molecule has 0 amide bonds. The molecule has 146 valence electrons. The van der Waals surface area contributed by atoms with Crippen molar-refractivity contribution in [2.75, 3.05) is 13.6 Å². The largest absolute Gasteiger partial charge is 0.299 e. The van der Waals surface area contributed by atoms with Gasteiger partial charge in [-0.2, -0.15) is 0 Å². The summed E-state index contributed by atoms with van der Waals surface area (Å²) in [4.78, 5) is 2.47. The van der Waals surface area contributed by atoms with Crippen LogP contribution in [0.15, 0.2) is 79.1 Å². The standard InChI is InChI=1S/C27H29N2/c1-28-19-9-14-27(28)26-13-8-21-29(22-26)20-7-3-4-10-23-15-17-25(18-16-23)24-11-5-2-6-12-24/h2,5-6,8,11-13,15-18,21-22,27H,3,7,9,14,19-20H2,1H3/q+1/t27-/m0/s1. The number of benzene rings is 2. The number of nitrogens with zero attached hydrogens (tertiary/aromatic N) is 2. The Morgan fingerprint density at radius 3 is 2.52 bits per heavy atom. The first-order valence-corrected chi connectivity index (χ1v) is 10.6. The summed E-state index contributed by atoms with van der Waals surface area (Å²) in [6.07, 6.45) is 9.06. The molecule has 1 aliphatic heterocycles. The van der Waals surface area contributed by atoms with Crippen LogP contribution in [0.4, 0.5) is 0 Å². The molecule has 1 atom stereocenters. The van der Waals surface area contributed by atoms with Crippen molar-refractivity contribution in [1.29, 1.82) is 0 Å². The fourth-order valence-corrected chi connectivity index (χ4v) is 4.10. The van der Waals surface area contributed by atoms with Gasteiger partial charge in [0.1, 0.15) is 6.54 Å². The van der Waals surface area contributed by atoms with Crippen LogP contribution in [0.25, 0.3) is 11.1 Å². The Hall–Kier alpha value is -2.89. The molecule has 1 aromatic heterocycles. The number of hydrogen-bond donors (Lipinski definition) is 0. The Labute approximate surface area is 174 Å². The molecule has 0 saturated carbocycles. The summed E-state index contributed by atoms with van der Waals surface area (Å²) in [5.41, 5.74) is 5.01. The zero-order valence-electron chi connectivity index (χ0n) is 17.2. The van der Waals surface area contributed by atoms with Gasteiger partial charge < -0.3 is 0 Å². The molecular formula is C27H29N2+. The van der Waals surface area contributed by atoms with E-state index in [0.29, 0.717) is 6.04 Å². The van der Waals surface area contributed by atoms with Gasteiger partial charge in [0.15, 0.2) is 12.4 Å². The van der Waals surface area contributed by atoms with Gasteiger partial charge in [0.25, 0.3) is 0 Å². The highest BCUT2D eigenvalue weighted by molar-refractivity contribution is 5.64. The monoisotopic (exact) mass is 381 g/mol. The predicted octanol–water partition coefficient (Wildman–Crippen LogP) is 5.24. The summed E-state index contributed by atoms with van der Waals surface area (Å²) >= 11 is 0. The molecule has 3 aromatic rings. The van der Waals surface area contributed by atoms with Crippen LogP contribution in [0.2, 0.25) is 0 Å². The number of pyridine rings is 1. The number of hydrogen-bond acceptors (Lipinski definition) is 1. The Bertz CT molecular complexity index is 980. The number of aromatic nitrogens is 1. The van der Waals surface area contributed by atoms with E-state index in [1.54, 1.807) is 0 Å². The molecule has 0 N–H and O–H groups in total. The second kappa shape index (κ2) is 9.54. The third-order valence-corrected chi connectivity index (χ3v) is 5.73. The number of unbranched alkanes of at least 4 members (excludes halogenated alkanes) is 1. The molecule has 0 radical (unpaired) electrons. The number of aryl methyl sites for hydroxylation is 1. The fraction of sp³-hybridized carbons (Fsp3) is 0.296. The van der Waals surface area contributed by atoms with Crippen molar-refractivity contribution in [1.82, 2.24) is 4.90 Å². The zero-order valence-corrected chi connectivity index (χ0v) is 17.2. The summed E-state index contributed by atoms with van der Waals surface area (Å²) in [6, 6.07) is 24.0. The first kappa shape index (κ1) is 19.4. The van der Waals surface area contributed by atoms with E-state index in [9.17, 15) is 0 Å². The van der Waals surface area contributed by atoms with Crippen molar-refractivity contribution >= 4 is 0 Å². The van der Waals surface area contributed by atoms with Crippen LogP contribution in [-0.4, -0.2) is 18.5 Å². The minimum Gasteiger partial charge on any atom is -0.299 e. The maximum Gasteiger partial charge on any atom is 0.173 e. The smallest absolute Gasteiger partial charge is 0.173 e. The van der Waals surface area contributed by atoms with Gasteiger partial charge in [0.05, 0.1) is 0 Å². The van der Waals surface area contributed by atoms with E-state index in [0.717, 1.165) is 24.9 Å². The number of rotatable bonds is 5. The minimum absolute atomic E-state index is 0.584. The predicted molar refractivity (Wildman–Crippen MR) is 119 cm³/mol. The quantitative estimate of drug-likeness (QED) is 0.333. The van der Waals surface area contributed by atoms with E-state index in [2.05, 4.69) is 101 Å². The topological polar surface area (TPSA) is 7.12 Å². The van der Waals surface area contributed by atoms with Gasteiger partial charge in [-0.15, -0.1) is 0 Å². The van der Waals surface area contributed by atoms with Gasteiger partial charge in [-0.3, -0.25) is 4.90 Å². The van der Waals surface area contributed by atoms with Gasteiger partial charge in [-0.1, -0.05) is 54.3 Å². The molecule has 4 rings (SSSR count). The third-order valence-electron chi connectivity index (χ3n) is 5.73. The lowest BCUT2D eigenvalue weighted by Gasteiger charge is -2.18. The highest BCUT2D eigenvalue weighted by Crippen LogP contribution is 2.29. The van der Waals surface area contributed by atoms with Crippen molar-refractivity contribution < 1.29 is 4.57 Å². The molecular weight excluding hydrogens is 352 g/mol. The molecule has 0 bridgehead atoms. The van der Waals surface area contributed by atoms with Crippen LogP contribution in [0.5, 0.6) is 0 Å². The Balaban J connectivity index is 1.29. The van der Waals surface area contributed by atoms with Crippen LogP contribution in [-0.2, 0) is 6.54 Å². The highest BCUT2D eigenvalue weighted by atomic mass is 15.1. The van der Waals surface area contributed by atoms with Crippen LogP contribution in [0.1, 0.15) is 42.9 Å². The lowest BCUT2D eigenvalue weighted by molar-refractivity contribution is -0.697. The molecule has 0 unspecified atom stereocenters. The molecule has 1 saturated heterocycles. The molecule has 2 nitrogen and oxygen atoms in total. The SMILES string of the molecule is CN1CCC[C@H]1c1ccc[n+](CCCC#Cc2ccc(-c3ccccc3)cc2)c1. The average Bonchev–Trinajstić information content (AvgIpc) is 3.21. The summed E-state index contributed by atoms with van der Waals surface area (Å²) in [5, 5.41) is 0. The van der Waals surface area contributed by atoms with Gasteiger partial charge in [0, 0.05) is 36.1 Å². The van der Waals surface area contributed by atoms with Gasteiger partial charge in [-0.25, -0.2) is 4.57 Å².